The van der Waals surface area contributed by atoms with Crippen molar-refractivity contribution in [3.05, 3.63) is 72.6 Å². The number of para-hydroxylation sites is 1. The number of rotatable bonds is 12. The molecule has 182 valence electrons. The van der Waals surface area contributed by atoms with E-state index in [2.05, 4.69) is 15.3 Å². The maximum atomic E-state index is 6.00. The van der Waals surface area contributed by atoms with E-state index in [1.54, 1.807) is 14.2 Å². The Morgan fingerprint density at radius 3 is 2.14 bits per heavy atom. The van der Waals surface area contributed by atoms with Gasteiger partial charge in [0.25, 0.3) is 0 Å². The SMILES string of the molecule is COCCOc1cc2ncnc(Nc3ccc(Oc4ccccc4)c(C)c3)c2cc1OCCOC. The van der Waals surface area contributed by atoms with Gasteiger partial charge in [0.15, 0.2) is 11.5 Å². The fourth-order valence-corrected chi connectivity index (χ4v) is 3.45. The number of aromatic nitrogens is 2. The van der Waals surface area contributed by atoms with Crippen LogP contribution in [0.25, 0.3) is 10.9 Å². The van der Waals surface area contributed by atoms with Crippen LogP contribution in [0.1, 0.15) is 5.56 Å². The normalized spacial score (nSPS) is 10.8. The molecule has 3 aromatic carbocycles. The summed E-state index contributed by atoms with van der Waals surface area (Å²) in [7, 11) is 3.26. The van der Waals surface area contributed by atoms with Crippen LogP contribution in [0.4, 0.5) is 11.5 Å². The zero-order valence-electron chi connectivity index (χ0n) is 20.1. The molecule has 0 radical (unpaired) electrons. The first kappa shape index (κ1) is 24.3. The van der Waals surface area contributed by atoms with Gasteiger partial charge in [0, 0.05) is 31.4 Å². The minimum absolute atomic E-state index is 0.390. The molecule has 0 saturated heterocycles. The van der Waals surface area contributed by atoms with Gasteiger partial charge in [-0.3, -0.25) is 0 Å². The maximum absolute atomic E-state index is 6.00. The maximum Gasteiger partial charge on any atom is 0.163 e. The molecule has 35 heavy (non-hydrogen) atoms. The molecule has 1 heterocycles. The van der Waals surface area contributed by atoms with Gasteiger partial charge in [0.1, 0.15) is 36.9 Å². The third-order valence-electron chi connectivity index (χ3n) is 5.20. The molecule has 8 heteroatoms. The topological polar surface area (TPSA) is 84.0 Å². The minimum Gasteiger partial charge on any atom is -0.487 e. The van der Waals surface area contributed by atoms with Crippen molar-refractivity contribution < 1.29 is 23.7 Å². The largest absolute Gasteiger partial charge is 0.487 e. The minimum atomic E-state index is 0.390. The fourth-order valence-electron chi connectivity index (χ4n) is 3.45. The molecular weight excluding hydrogens is 446 g/mol. The molecule has 1 N–H and O–H groups in total. The summed E-state index contributed by atoms with van der Waals surface area (Å²) in [5, 5.41) is 4.20. The van der Waals surface area contributed by atoms with Gasteiger partial charge in [-0.15, -0.1) is 0 Å². The highest BCUT2D eigenvalue weighted by Crippen LogP contribution is 2.35. The second-order valence-corrected chi connectivity index (χ2v) is 7.74. The molecule has 0 amide bonds. The van der Waals surface area contributed by atoms with Gasteiger partial charge in [-0.05, 0) is 48.9 Å². The zero-order valence-corrected chi connectivity index (χ0v) is 20.1. The second kappa shape index (κ2) is 12.0. The number of aryl methyl sites for hydroxylation is 1. The number of anilines is 2. The van der Waals surface area contributed by atoms with Gasteiger partial charge in [-0.2, -0.15) is 0 Å². The average molecular weight is 476 g/mol. The Morgan fingerprint density at radius 1 is 0.743 bits per heavy atom. The van der Waals surface area contributed by atoms with Gasteiger partial charge >= 0.3 is 0 Å². The van der Waals surface area contributed by atoms with Crippen molar-refractivity contribution in [2.24, 2.45) is 0 Å². The van der Waals surface area contributed by atoms with Crippen LogP contribution in [0, 0.1) is 6.92 Å². The number of hydrogen-bond donors (Lipinski definition) is 1. The summed E-state index contributed by atoms with van der Waals surface area (Å²) in [6.45, 7) is 3.72. The summed E-state index contributed by atoms with van der Waals surface area (Å²) in [5.74, 6) is 3.43. The van der Waals surface area contributed by atoms with E-state index in [1.165, 1.54) is 6.33 Å². The number of hydrogen-bond acceptors (Lipinski definition) is 8. The summed E-state index contributed by atoms with van der Waals surface area (Å²) in [6, 6.07) is 19.4. The lowest BCUT2D eigenvalue weighted by Crippen LogP contribution is -2.09. The Kier molecular flexibility index (Phi) is 8.32. The molecule has 0 atom stereocenters. The Hall–Kier alpha value is -3.88. The summed E-state index contributed by atoms with van der Waals surface area (Å²) >= 11 is 0. The molecule has 1 aromatic heterocycles. The average Bonchev–Trinajstić information content (AvgIpc) is 2.87. The fraction of sp³-hybridized carbons (Fsp3) is 0.259. The highest BCUT2D eigenvalue weighted by atomic mass is 16.5. The summed E-state index contributed by atoms with van der Waals surface area (Å²) in [5.41, 5.74) is 2.61. The van der Waals surface area contributed by atoms with Gasteiger partial charge in [-0.25, -0.2) is 9.97 Å². The smallest absolute Gasteiger partial charge is 0.163 e. The molecule has 0 fully saturated rings. The Labute approximate surface area is 204 Å². The first-order valence-electron chi connectivity index (χ1n) is 11.3. The van der Waals surface area contributed by atoms with E-state index in [0.717, 1.165) is 33.7 Å². The summed E-state index contributed by atoms with van der Waals surface area (Å²) in [4.78, 5) is 8.90. The van der Waals surface area contributed by atoms with Gasteiger partial charge in [0.2, 0.25) is 0 Å². The van der Waals surface area contributed by atoms with Gasteiger partial charge in [-0.1, -0.05) is 18.2 Å². The number of nitrogens with one attached hydrogen (secondary N) is 1. The number of benzene rings is 3. The van der Waals surface area contributed by atoms with E-state index >= 15 is 0 Å². The van der Waals surface area contributed by atoms with Gasteiger partial charge < -0.3 is 29.0 Å². The molecule has 0 aliphatic carbocycles. The van der Waals surface area contributed by atoms with Crippen LogP contribution in [0.15, 0.2) is 67.0 Å². The third-order valence-corrected chi connectivity index (χ3v) is 5.20. The Bertz CT molecular complexity index is 1250. The molecule has 0 spiro atoms. The van der Waals surface area contributed by atoms with Crippen molar-refractivity contribution in [3.63, 3.8) is 0 Å². The van der Waals surface area contributed by atoms with Crippen molar-refractivity contribution >= 4 is 22.4 Å². The summed E-state index contributed by atoms with van der Waals surface area (Å²) < 4.78 is 28.0. The first-order chi connectivity index (χ1) is 17.2. The van der Waals surface area contributed by atoms with E-state index in [-0.39, 0.29) is 0 Å². The van der Waals surface area contributed by atoms with Gasteiger partial charge in [0.05, 0.1) is 18.7 Å². The van der Waals surface area contributed by atoms with Crippen LogP contribution in [0.5, 0.6) is 23.0 Å². The number of ether oxygens (including phenoxy) is 5. The predicted molar refractivity (Wildman–Crippen MR) is 135 cm³/mol. The van der Waals surface area contributed by atoms with E-state index in [1.807, 2.05) is 67.6 Å². The third kappa shape index (κ3) is 6.38. The van der Waals surface area contributed by atoms with Crippen molar-refractivity contribution in [1.82, 2.24) is 9.97 Å². The standard InChI is InChI=1S/C27H29N3O5/c1-19-15-20(9-10-24(19)35-21-7-5-4-6-8-21)30-27-22-16-25(33-13-11-31-2)26(34-14-12-32-3)17-23(22)28-18-29-27/h4-10,15-18H,11-14H2,1-3H3,(H,28,29,30). The highest BCUT2D eigenvalue weighted by Gasteiger charge is 2.13. The number of fused-ring (bicyclic) bond motifs is 1. The van der Waals surface area contributed by atoms with Crippen molar-refractivity contribution in [1.29, 1.82) is 0 Å². The Morgan fingerprint density at radius 2 is 1.46 bits per heavy atom. The van der Waals surface area contributed by atoms with Crippen LogP contribution in [0.2, 0.25) is 0 Å². The molecule has 0 unspecified atom stereocenters. The quantitative estimate of drug-likeness (QED) is 0.268. The van der Waals surface area contributed by atoms with Crippen LogP contribution in [-0.2, 0) is 9.47 Å². The van der Waals surface area contributed by atoms with E-state index < -0.39 is 0 Å². The van der Waals surface area contributed by atoms with Crippen molar-refractivity contribution in [2.75, 3.05) is 46.0 Å². The molecule has 0 bridgehead atoms. The number of nitrogens with zero attached hydrogens (tertiary/aromatic N) is 2. The van der Waals surface area contributed by atoms with Crippen LogP contribution < -0.4 is 19.5 Å². The predicted octanol–water partition coefficient (Wildman–Crippen LogP) is 5.52. The lowest BCUT2D eigenvalue weighted by Gasteiger charge is -2.16. The van der Waals surface area contributed by atoms with E-state index in [9.17, 15) is 0 Å². The molecule has 8 nitrogen and oxygen atoms in total. The lowest BCUT2D eigenvalue weighted by molar-refractivity contribution is 0.132. The highest BCUT2D eigenvalue weighted by molar-refractivity contribution is 5.93. The van der Waals surface area contributed by atoms with E-state index in [0.29, 0.717) is 43.7 Å². The van der Waals surface area contributed by atoms with Crippen molar-refractivity contribution in [2.45, 2.75) is 6.92 Å². The monoisotopic (exact) mass is 475 g/mol. The lowest BCUT2D eigenvalue weighted by atomic mass is 10.1. The van der Waals surface area contributed by atoms with E-state index in [4.69, 9.17) is 23.7 Å². The Balaban J connectivity index is 1.59. The molecular formula is C27H29N3O5. The van der Waals surface area contributed by atoms with Crippen LogP contribution in [0.3, 0.4) is 0 Å². The number of methoxy groups -OCH3 is 2. The molecule has 0 aliphatic heterocycles. The van der Waals surface area contributed by atoms with Crippen molar-refractivity contribution in [3.8, 4) is 23.0 Å². The second-order valence-electron chi connectivity index (χ2n) is 7.74. The van der Waals surface area contributed by atoms with Crippen LogP contribution in [-0.4, -0.2) is 50.6 Å². The molecule has 0 aliphatic rings. The molecule has 0 saturated carbocycles. The molecule has 4 rings (SSSR count). The first-order valence-corrected chi connectivity index (χ1v) is 11.3. The zero-order chi connectivity index (χ0) is 24.5. The van der Waals surface area contributed by atoms with Crippen LogP contribution >= 0.6 is 0 Å². The summed E-state index contributed by atoms with van der Waals surface area (Å²) in [6.07, 6.45) is 1.52. The molecule has 4 aromatic rings.